The summed E-state index contributed by atoms with van der Waals surface area (Å²) in [4.78, 5) is 24.0. The van der Waals surface area contributed by atoms with Gasteiger partial charge in [0.25, 0.3) is 11.8 Å². The molecular weight excluding hydrogens is 370 g/mol. The SMILES string of the molecule is O=C(NNC(=O)c1ccc(-n2cccc2)cc1)c1ccc(Br)cc1. The first-order chi connectivity index (χ1) is 11.6. The predicted molar refractivity (Wildman–Crippen MR) is 94.8 cm³/mol. The predicted octanol–water partition coefficient (Wildman–Crippen LogP) is 3.31. The third kappa shape index (κ3) is 3.72. The third-order valence-corrected chi connectivity index (χ3v) is 3.96. The molecule has 2 amide bonds. The fraction of sp³-hybridized carbons (Fsp3) is 0. The van der Waals surface area contributed by atoms with Crippen LogP contribution in [-0.4, -0.2) is 16.4 Å². The molecule has 2 N–H and O–H groups in total. The first-order valence-corrected chi connectivity index (χ1v) is 8.02. The van der Waals surface area contributed by atoms with Crippen molar-refractivity contribution in [3.8, 4) is 5.69 Å². The molecule has 0 saturated heterocycles. The molecule has 0 bridgehead atoms. The quantitative estimate of drug-likeness (QED) is 0.681. The van der Waals surface area contributed by atoms with E-state index >= 15 is 0 Å². The molecule has 3 aromatic rings. The molecule has 5 nitrogen and oxygen atoms in total. The van der Waals surface area contributed by atoms with E-state index in [0.717, 1.165) is 10.2 Å². The van der Waals surface area contributed by atoms with Crippen molar-refractivity contribution in [2.75, 3.05) is 0 Å². The smallest absolute Gasteiger partial charge is 0.269 e. The molecule has 0 saturated carbocycles. The molecule has 2 aromatic carbocycles. The summed E-state index contributed by atoms with van der Waals surface area (Å²) >= 11 is 3.30. The molecule has 3 rings (SSSR count). The van der Waals surface area contributed by atoms with E-state index in [0.29, 0.717) is 11.1 Å². The number of rotatable bonds is 3. The summed E-state index contributed by atoms with van der Waals surface area (Å²) in [5.41, 5.74) is 6.68. The zero-order chi connectivity index (χ0) is 16.9. The van der Waals surface area contributed by atoms with Crippen LogP contribution in [-0.2, 0) is 0 Å². The summed E-state index contributed by atoms with van der Waals surface area (Å²) in [7, 11) is 0. The lowest BCUT2D eigenvalue weighted by atomic mass is 10.2. The van der Waals surface area contributed by atoms with Crippen molar-refractivity contribution in [2.24, 2.45) is 0 Å². The Balaban J connectivity index is 1.60. The van der Waals surface area contributed by atoms with Gasteiger partial charge >= 0.3 is 0 Å². The normalized spacial score (nSPS) is 10.2. The highest BCUT2D eigenvalue weighted by atomic mass is 79.9. The summed E-state index contributed by atoms with van der Waals surface area (Å²) in [6, 6.07) is 17.8. The number of amides is 2. The van der Waals surface area contributed by atoms with Crippen molar-refractivity contribution in [1.29, 1.82) is 0 Å². The molecule has 0 fully saturated rings. The van der Waals surface area contributed by atoms with E-state index in [1.165, 1.54) is 0 Å². The van der Waals surface area contributed by atoms with Crippen molar-refractivity contribution in [3.05, 3.63) is 88.7 Å². The monoisotopic (exact) mass is 383 g/mol. The number of hydrazine groups is 1. The highest BCUT2D eigenvalue weighted by molar-refractivity contribution is 9.10. The lowest BCUT2D eigenvalue weighted by Crippen LogP contribution is -2.41. The molecule has 0 radical (unpaired) electrons. The molecule has 0 unspecified atom stereocenters. The molecule has 24 heavy (non-hydrogen) atoms. The van der Waals surface area contributed by atoms with E-state index in [4.69, 9.17) is 0 Å². The third-order valence-electron chi connectivity index (χ3n) is 3.43. The zero-order valence-electron chi connectivity index (χ0n) is 12.6. The summed E-state index contributed by atoms with van der Waals surface area (Å²) in [6.07, 6.45) is 3.85. The van der Waals surface area contributed by atoms with Crippen LogP contribution in [0.1, 0.15) is 20.7 Å². The van der Waals surface area contributed by atoms with Gasteiger partial charge in [-0.2, -0.15) is 0 Å². The Hall–Kier alpha value is -2.86. The Morgan fingerprint density at radius 3 is 1.71 bits per heavy atom. The second-order valence-electron chi connectivity index (χ2n) is 5.05. The highest BCUT2D eigenvalue weighted by Crippen LogP contribution is 2.11. The van der Waals surface area contributed by atoms with Gasteiger partial charge in [-0.25, -0.2) is 0 Å². The van der Waals surface area contributed by atoms with Crippen LogP contribution in [0, 0.1) is 0 Å². The maximum absolute atomic E-state index is 12.1. The lowest BCUT2D eigenvalue weighted by Gasteiger charge is -2.08. The Morgan fingerprint density at radius 2 is 1.21 bits per heavy atom. The van der Waals surface area contributed by atoms with Crippen LogP contribution in [0.25, 0.3) is 5.69 Å². The molecular formula is C18H14BrN3O2. The number of halogens is 1. The molecule has 120 valence electrons. The van der Waals surface area contributed by atoms with Crippen LogP contribution in [0.3, 0.4) is 0 Å². The van der Waals surface area contributed by atoms with E-state index in [1.54, 1.807) is 36.4 Å². The van der Waals surface area contributed by atoms with Crippen LogP contribution >= 0.6 is 15.9 Å². The van der Waals surface area contributed by atoms with Gasteiger partial charge in [-0.05, 0) is 60.7 Å². The number of hydrogen-bond acceptors (Lipinski definition) is 2. The van der Waals surface area contributed by atoms with Gasteiger partial charge in [0.1, 0.15) is 0 Å². The Bertz CT molecular complexity index is 841. The van der Waals surface area contributed by atoms with Crippen LogP contribution < -0.4 is 10.9 Å². The first-order valence-electron chi connectivity index (χ1n) is 7.23. The maximum Gasteiger partial charge on any atom is 0.269 e. The molecule has 1 aromatic heterocycles. The van der Waals surface area contributed by atoms with Gasteiger partial charge < -0.3 is 4.57 Å². The molecule has 0 aliphatic carbocycles. The topological polar surface area (TPSA) is 63.1 Å². The molecule has 1 heterocycles. The van der Waals surface area contributed by atoms with Crippen molar-refractivity contribution in [3.63, 3.8) is 0 Å². The van der Waals surface area contributed by atoms with E-state index in [-0.39, 0.29) is 11.8 Å². The molecule has 0 spiro atoms. The average Bonchev–Trinajstić information content (AvgIpc) is 3.15. The minimum Gasteiger partial charge on any atom is -0.324 e. The summed E-state index contributed by atoms with van der Waals surface area (Å²) in [5, 5.41) is 0. The fourth-order valence-electron chi connectivity index (χ4n) is 2.15. The maximum atomic E-state index is 12.1. The van der Waals surface area contributed by atoms with Gasteiger partial charge in [0.15, 0.2) is 0 Å². The summed E-state index contributed by atoms with van der Waals surface area (Å²) in [5.74, 6) is -0.751. The minimum atomic E-state index is -0.375. The molecule has 0 aliphatic rings. The zero-order valence-corrected chi connectivity index (χ0v) is 14.2. The summed E-state index contributed by atoms with van der Waals surface area (Å²) < 4.78 is 2.82. The number of carbonyl (C=O) groups excluding carboxylic acids is 2. The van der Waals surface area contributed by atoms with Gasteiger partial charge in [-0.3, -0.25) is 20.4 Å². The van der Waals surface area contributed by atoms with E-state index in [9.17, 15) is 9.59 Å². The number of carbonyl (C=O) groups is 2. The number of nitrogens with one attached hydrogen (secondary N) is 2. The van der Waals surface area contributed by atoms with Gasteiger partial charge in [-0.15, -0.1) is 0 Å². The van der Waals surface area contributed by atoms with Crippen molar-refractivity contribution < 1.29 is 9.59 Å². The standard InChI is InChI=1S/C18H14BrN3O2/c19-15-7-3-13(4-8-15)17(23)20-21-18(24)14-5-9-16(10-6-14)22-11-1-2-12-22/h1-12H,(H,20,23)(H,21,24). The largest absolute Gasteiger partial charge is 0.324 e. The van der Waals surface area contributed by atoms with E-state index < -0.39 is 0 Å². The van der Waals surface area contributed by atoms with Crippen LogP contribution in [0.2, 0.25) is 0 Å². The first kappa shape index (κ1) is 16.0. The van der Waals surface area contributed by atoms with Gasteiger partial charge in [0.05, 0.1) is 0 Å². The molecule has 0 atom stereocenters. The van der Waals surface area contributed by atoms with Gasteiger partial charge in [0.2, 0.25) is 0 Å². The number of aromatic nitrogens is 1. The molecule has 6 heteroatoms. The van der Waals surface area contributed by atoms with Gasteiger partial charge in [-0.1, -0.05) is 15.9 Å². The van der Waals surface area contributed by atoms with Crippen molar-refractivity contribution in [1.82, 2.24) is 15.4 Å². The van der Waals surface area contributed by atoms with Crippen LogP contribution in [0.4, 0.5) is 0 Å². The molecule has 0 aliphatic heterocycles. The van der Waals surface area contributed by atoms with Crippen LogP contribution in [0.15, 0.2) is 77.5 Å². The fourth-order valence-corrected chi connectivity index (χ4v) is 2.42. The van der Waals surface area contributed by atoms with Crippen LogP contribution in [0.5, 0.6) is 0 Å². The number of nitrogens with zero attached hydrogens (tertiary/aromatic N) is 1. The highest BCUT2D eigenvalue weighted by Gasteiger charge is 2.09. The second-order valence-corrected chi connectivity index (χ2v) is 5.97. The Labute approximate surface area is 147 Å². The number of benzene rings is 2. The minimum absolute atomic E-state index is 0.375. The van der Waals surface area contributed by atoms with E-state index in [1.807, 2.05) is 41.2 Å². The average molecular weight is 384 g/mol. The lowest BCUT2D eigenvalue weighted by molar-refractivity contribution is 0.0846. The van der Waals surface area contributed by atoms with Crippen molar-refractivity contribution in [2.45, 2.75) is 0 Å². The Kier molecular flexibility index (Phi) is 4.77. The Morgan fingerprint density at radius 1 is 0.750 bits per heavy atom. The van der Waals surface area contributed by atoms with E-state index in [2.05, 4.69) is 26.8 Å². The summed E-state index contributed by atoms with van der Waals surface area (Å²) in [6.45, 7) is 0. The van der Waals surface area contributed by atoms with Gasteiger partial charge in [0, 0.05) is 33.7 Å². The number of hydrogen-bond donors (Lipinski definition) is 2. The second kappa shape index (κ2) is 7.14. The van der Waals surface area contributed by atoms with Crippen molar-refractivity contribution >= 4 is 27.7 Å².